The standard InChI is InChI=1S/C52H66N4O10S/c1-32-9-10-38(25-41(32)46-43(58)27-52(7,8)28-44(46)59)36-15-17-40(18-16-36)66-24-23-64-20-19-63-21-22-65-30-45(60)55-48(51(4,5)6)50(62)56-29-39(57)26-42(56)49(61)54-33(2)35-11-13-37(14-12-35)47-34(3)53-31-67-47/h9-18,25,31,33,39,42,48,57-58H,19-24,26-30H2,1-8H3,(H,54,61)(H,55,60)/t33-,39+,42-,48+/m0/s1. The molecule has 3 aromatic carbocycles. The number of allylic oxidation sites excluding steroid dienone is 2. The van der Waals surface area contributed by atoms with Crippen LogP contribution in [0.1, 0.15) is 89.2 Å². The first-order valence-corrected chi connectivity index (χ1v) is 23.8. The zero-order chi connectivity index (χ0) is 48.5. The lowest BCUT2D eigenvalue weighted by Gasteiger charge is -2.35. The molecule has 0 bridgehead atoms. The number of rotatable bonds is 20. The quantitative estimate of drug-likeness (QED) is 0.0642. The van der Waals surface area contributed by atoms with Gasteiger partial charge in [0.05, 0.1) is 66.8 Å². The van der Waals surface area contributed by atoms with Gasteiger partial charge in [-0.1, -0.05) is 83.1 Å². The number of hydrogen-bond acceptors (Lipinski definition) is 12. The predicted molar refractivity (Wildman–Crippen MR) is 258 cm³/mol. The lowest BCUT2D eigenvalue weighted by Crippen LogP contribution is -2.58. The van der Waals surface area contributed by atoms with Crippen LogP contribution in [-0.4, -0.2) is 115 Å². The third-order valence-corrected chi connectivity index (χ3v) is 13.1. The zero-order valence-corrected chi connectivity index (χ0v) is 40.8. The summed E-state index contributed by atoms with van der Waals surface area (Å²) in [6.45, 7) is 16.7. The Morgan fingerprint density at radius 3 is 2.12 bits per heavy atom. The van der Waals surface area contributed by atoms with Gasteiger partial charge in [0, 0.05) is 25.8 Å². The van der Waals surface area contributed by atoms with Gasteiger partial charge in [-0.05, 0) is 83.2 Å². The Morgan fingerprint density at radius 2 is 1.49 bits per heavy atom. The molecule has 1 saturated heterocycles. The Kier molecular flexibility index (Phi) is 17.2. The van der Waals surface area contributed by atoms with Gasteiger partial charge in [0.25, 0.3) is 0 Å². The van der Waals surface area contributed by atoms with Gasteiger partial charge in [-0.2, -0.15) is 0 Å². The number of aromatic nitrogens is 1. The first-order valence-electron chi connectivity index (χ1n) is 22.9. The van der Waals surface area contributed by atoms with Gasteiger partial charge in [-0.3, -0.25) is 19.2 Å². The maximum Gasteiger partial charge on any atom is 0.246 e. The van der Waals surface area contributed by atoms with Crippen LogP contribution in [-0.2, 0) is 33.4 Å². The number of thiazole rings is 1. The third kappa shape index (κ3) is 13.6. The van der Waals surface area contributed by atoms with E-state index in [1.807, 2.05) is 128 Å². The highest BCUT2D eigenvalue weighted by Crippen LogP contribution is 2.41. The van der Waals surface area contributed by atoms with E-state index in [1.54, 1.807) is 11.3 Å². The highest BCUT2D eigenvalue weighted by molar-refractivity contribution is 7.13. The molecule has 1 aliphatic carbocycles. The molecule has 0 spiro atoms. The van der Waals surface area contributed by atoms with Crippen molar-refractivity contribution in [3.63, 3.8) is 0 Å². The fourth-order valence-electron chi connectivity index (χ4n) is 8.45. The smallest absolute Gasteiger partial charge is 0.246 e. The molecule has 6 rings (SSSR count). The number of aliphatic hydroxyl groups is 2. The van der Waals surface area contributed by atoms with Crippen LogP contribution < -0.4 is 15.4 Å². The average molecular weight is 939 g/mol. The lowest BCUT2D eigenvalue weighted by atomic mass is 9.74. The fourth-order valence-corrected chi connectivity index (χ4v) is 9.26. The second-order valence-electron chi connectivity index (χ2n) is 19.3. The Hall–Kier alpha value is -5.45. The normalized spacial score (nSPS) is 18.2. The molecule has 4 atom stereocenters. The summed E-state index contributed by atoms with van der Waals surface area (Å²) in [6.07, 6.45) is 0.0703. The molecule has 1 aromatic heterocycles. The Labute approximate surface area is 398 Å². The zero-order valence-electron chi connectivity index (χ0n) is 40.0. The van der Waals surface area contributed by atoms with E-state index in [0.29, 0.717) is 50.6 Å². The van der Waals surface area contributed by atoms with Crippen molar-refractivity contribution >= 4 is 40.4 Å². The number of aryl methyl sites for hydroxylation is 2. The Balaban J connectivity index is 0.864. The van der Waals surface area contributed by atoms with E-state index in [2.05, 4.69) is 15.6 Å². The van der Waals surface area contributed by atoms with Gasteiger partial charge in [0.15, 0.2) is 5.78 Å². The number of hydrogen-bond donors (Lipinski definition) is 4. The van der Waals surface area contributed by atoms with Gasteiger partial charge in [-0.15, -0.1) is 11.3 Å². The van der Waals surface area contributed by atoms with Gasteiger partial charge in [0.2, 0.25) is 17.7 Å². The molecule has 1 aliphatic heterocycles. The van der Waals surface area contributed by atoms with Crippen LogP contribution in [0, 0.1) is 24.7 Å². The molecule has 4 aromatic rings. The fraction of sp³-hybridized carbons (Fsp3) is 0.481. The second kappa shape index (κ2) is 22.6. The summed E-state index contributed by atoms with van der Waals surface area (Å²) >= 11 is 1.57. The summed E-state index contributed by atoms with van der Waals surface area (Å²) < 4.78 is 22.6. The minimum atomic E-state index is -0.975. The van der Waals surface area contributed by atoms with Crippen molar-refractivity contribution < 1.29 is 48.3 Å². The van der Waals surface area contributed by atoms with Crippen LogP contribution in [0.15, 0.2) is 78.0 Å². The first-order chi connectivity index (χ1) is 31.8. The van der Waals surface area contributed by atoms with Crippen LogP contribution in [0.25, 0.3) is 27.1 Å². The first kappa shape index (κ1) is 51.0. The number of carbonyl (C=O) groups excluding carboxylic acids is 4. The third-order valence-electron chi connectivity index (χ3n) is 12.1. The SMILES string of the molecule is Cc1ccc(-c2ccc(OCCOCCOCCOCC(=O)N[C@H](C(=O)N3C[C@H](O)C[C@H]3C(=O)N[C@@H](C)c3ccc(-c4scnc4C)cc3)C(C)(C)C)cc2)cc1C1=C(O)CC(C)(C)CC1=O. The average Bonchev–Trinajstić information content (AvgIpc) is 3.89. The number of β-amino-alcohol motifs (C(OH)–C–C–N with tert-alkyl or cyclic N) is 1. The molecule has 15 heteroatoms. The molecule has 2 aliphatic rings. The molecule has 67 heavy (non-hydrogen) atoms. The van der Waals surface area contributed by atoms with Crippen molar-refractivity contribution in [1.82, 2.24) is 20.5 Å². The van der Waals surface area contributed by atoms with Crippen LogP contribution in [0.5, 0.6) is 5.75 Å². The van der Waals surface area contributed by atoms with Crippen LogP contribution in [0.2, 0.25) is 0 Å². The number of nitrogens with zero attached hydrogens (tertiary/aromatic N) is 2. The molecule has 360 valence electrons. The van der Waals surface area contributed by atoms with Gasteiger partial charge >= 0.3 is 0 Å². The van der Waals surface area contributed by atoms with Gasteiger partial charge in [-0.25, -0.2) is 4.98 Å². The van der Waals surface area contributed by atoms with Crippen molar-refractivity contribution in [1.29, 1.82) is 0 Å². The summed E-state index contributed by atoms with van der Waals surface area (Å²) in [4.78, 5) is 60.4. The molecule has 0 saturated carbocycles. The van der Waals surface area contributed by atoms with E-state index in [4.69, 9.17) is 18.9 Å². The molecule has 0 unspecified atom stereocenters. The molecule has 4 N–H and O–H groups in total. The molecular formula is C52H66N4O10S. The van der Waals surface area contributed by atoms with Crippen molar-refractivity contribution in [3.05, 3.63) is 100 Å². The number of nitrogens with one attached hydrogen (secondary N) is 2. The number of ether oxygens (including phenoxy) is 4. The summed E-state index contributed by atoms with van der Waals surface area (Å²) in [5, 5.41) is 27.2. The van der Waals surface area contributed by atoms with E-state index < -0.39 is 35.4 Å². The monoisotopic (exact) mass is 938 g/mol. The number of benzene rings is 3. The van der Waals surface area contributed by atoms with E-state index >= 15 is 0 Å². The minimum Gasteiger partial charge on any atom is -0.512 e. The van der Waals surface area contributed by atoms with Gasteiger partial charge < -0.3 is 44.7 Å². The van der Waals surface area contributed by atoms with Gasteiger partial charge in [0.1, 0.15) is 36.8 Å². The Morgan fingerprint density at radius 1 is 0.866 bits per heavy atom. The number of likely N-dealkylation sites (tertiary alicyclic amines) is 1. The summed E-state index contributed by atoms with van der Waals surface area (Å²) in [5.74, 6) is -0.508. The summed E-state index contributed by atoms with van der Waals surface area (Å²) in [6, 6.07) is 19.3. The Bertz CT molecular complexity index is 2390. The van der Waals surface area contributed by atoms with E-state index in [9.17, 15) is 29.4 Å². The van der Waals surface area contributed by atoms with E-state index in [0.717, 1.165) is 44.0 Å². The maximum atomic E-state index is 14.0. The lowest BCUT2D eigenvalue weighted by molar-refractivity contribution is -0.144. The number of carbonyl (C=O) groups is 4. The predicted octanol–water partition coefficient (Wildman–Crippen LogP) is 7.55. The van der Waals surface area contributed by atoms with Crippen LogP contribution >= 0.6 is 11.3 Å². The van der Waals surface area contributed by atoms with Crippen LogP contribution in [0.3, 0.4) is 0 Å². The minimum absolute atomic E-state index is 0.0247. The van der Waals surface area contributed by atoms with Crippen LogP contribution in [0.4, 0.5) is 0 Å². The number of amides is 3. The summed E-state index contributed by atoms with van der Waals surface area (Å²) in [7, 11) is 0. The van der Waals surface area contributed by atoms with Crippen molar-refractivity contribution in [3.8, 4) is 27.3 Å². The highest BCUT2D eigenvalue weighted by Gasteiger charge is 2.45. The molecule has 14 nitrogen and oxygen atoms in total. The number of aliphatic hydroxyl groups excluding tert-OH is 2. The van der Waals surface area contributed by atoms with Crippen molar-refractivity contribution in [2.45, 2.75) is 98.9 Å². The highest BCUT2D eigenvalue weighted by atomic mass is 32.1. The number of ketones is 1. The van der Waals surface area contributed by atoms with Crippen molar-refractivity contribution in [2.75, 3.05) is 52.8 Å². The van der Waals surface area contributed by atoms with E-state index in [1.165, 1.54) is 4.90 Å². The van der Waals surface area contributed by atoms with E-state index in [-0.39, 0.29) is 61.7 Å². The number of Topliss-reactive ketones (excluding diaryl/α,β-unsaturated/α-hetero) is 1. The molecule has 3 amide bonds. The van der Waals surface area contributed by atoms with Crippen molar-refractivity contribution in [2.24, 2.45) is 10.8 Å². The molecule has 1 fully saturated rings. The molecule has 0 radical (unpaired) electrons. The summed E-state index contributed by atoms with van der Waals surface area (Å²) in [5.41, 5.74) is 7.76. The molecule has 2 heterocycles. The maximum absolute atomic E-state index is 14.0. The molecular weight excluding hydrogens is 873 g/mol. The second-order valence-corrected chi connectivity index (χ2v) is 20.2. The topological polar surface area (TPSA) is 186 Å². The largest absolute Gasteiger partial charge is 0.512 e.